The molecule has 6 heteroatoms. The summed E-state index contributed by atoms with van der Waals surface area (Å²) < 4.78 is 5.21. The van der Waals surface area contributed by atoms with E-state index in [1.165, 1.54) is 0 Å². The molecular formula is C20H21N3O2S. The Bertz CT molecular complexity index is 858. The van der Waals surface area contributed by atoms with E-state index in [4.69, 9.17) is 17.0 Å². The lowest BCUT2D eigenvalue weighted by atomic mass is 9.95. The molecule has 0 aromatic heterocycles. The summed E-state index contributed by atoms with van der Waals surface area (Å²) in [5.41, 5.74) is 4.16. The smallest absolute Gasteiger partial charge is 0.255 e. The van der Waals surface area contributed by atoms with E-state index in [1.807, 2.05) is 62.4 Å². The molecule has 0 bridgehead atoms. The van der Waals surface area contributed by atoms with Crippen molar-refractivity contribution in [3.63, 3.8) is 0 Å². The maximum atomic E-state index is 13.0. The Morgan fingerprint density at radius 1 is 1.08 bits per heavy atom. The zero-order valence-electron chi connectivity index (χ0n) is 14.9. The van der Waals surface area contributed by atoms with Crippen molar-refractivity contribution < 1.29 is 9.53 Å². The fourth-order valence-electron chi connectivity index (χ4n) is 2.88. The Kier molecular flexibility index (Phi) is 5.23. The summed E-state index contributed by atoms with van der Waals surface area (Å²) >= 11 is 5.28. The number of hydrogen-bond acceptors (Lipinski definition) is 3. The molecule has 1 amide bonds. The first-order valence-electron chi connectivity index (χ1n) is 8.28. The van der Waals surface area contributed by atoms with Crippen LogP contribution in [0.25, 0.3) is 0 Å². The van der Waals surface area contributed by atoms with Gasteiger partial charge in [-0.1, -0.05) is 29.8 Å². The summed E-state index contributed by atoms with van der Waals surface area (Å²) in [7, 11) is 1.62. The van der Waals surface area contributed by atoms with E-state index in [-0.39, 0.29) is 11.9 Å². The SMILES string of the molecule is COc1ccc([C@H]2NC(=S)NC(C)=C2C(=O)Nc2ccc(C)cc2)cc1. The Labute approximate surface area is 158 Å². The maximum absolute atomic E-state index is 13.0. The van der Waals surface area contributed by atoms with Gasteiger partial charge in [-0.3, -0.25) is 4.79 Å². The Hall–Kier alpha value is -2.86. The first kappa shape index (κ1) is 17.9. The lowest BCUT2D eigenvalue weighted by Crippen LogP contribution is -2.45. The summed E-state index contributed by atoms with van der Waals surface area (Å²) in [6.45, 7) is 3.86. The maximum Gasteiger partial charge on any atom is 0.255 e. The van der Waals surface area contributed by atoms with Gasteiger partial charge in [0.2, 0.25) is 0 Å². The Morgan fingerprint density at radius 3 is 2.35 bits per heavy atom. The van der Waals surface area contributed by atoms with Crippen molar-refractivity contribution in [3.8, 4) is 5.75 Å². The highest BCUT2D eigenvalue weighted by Gasteiger charge is 2.29. The molecule has 26 heavy (non-hydrogen) atoms. The fourth-order valence-corrected chi connectivity index (χ4v) is 3.15. The van der Waals surface area contributed by atoms with Gasteiger partial charge in [-0.25, -0.2) is 0 Å². The largest absolute Gasteiger partial charge is 0.497 e. The summed E-state index contributed by atoms with van der Waals surface area (Å²) in [5, 5.41) is 9.69. The second kappa shape index (κ2) is 7.58. The lowest BCUT2D eigenvalue weighted by molar-refractivity contribution is -0.113. The van der Waals surface area contributed by atoms with Crippen molar-refractivity contribution in [2.75, 3.05) is 12.4 Å². The molecule has 3 rings (SSSR count). The molecule has 1 aliphatic heterocycles. The minimum Gasteiger partial charge on any atom is -0.497 e. The van der Waals surface area contributed by atoms with Gasteiger partial charge in [0.15, 0.2) is 5.11 Å². The van der Waals surface area contributed by atoms with Gasteiger partial charge in [0.25, 0.3) is 5.91 Å². The predicted octanol–water partition coefficient (Wildman–Crippen LogP) is 3.44. The number of methoxy groups -OCH3 is 1. The summed E-state index contributed by atoms with van der Waals surface area (Å²) in [6, 6.07) is 15.0. The van der Waals surface area contributed by atoms with Crippen LogP contribution >= 0.6 is 12.2 Å². The monoisotopic (exact) mass is 367 g/mol. The van der Waals surface area contributed by atoms with Crippen molar-refractivity contribution in [2.24, 2.45) is 0 Å². The molecular weight excluding hydrogens is 346 g/mol. The number of rotatable bonds is 4. The molecule has 134 valence electrons. The van der Waals surface area contributed by atoms with E-state index in [1.54, 1.807) is 7.11 Å². The topological polar surface area (TPSA) is 62.4 Å². The van der Waals surface area contributed by atoms with Crippen molar-refractivity contribution >= 4 is 28.9 Å². The second-order valence-corrected chi connectivity index (χ2v) is 6.57. The average Bonchev–Trinajstić information content (AvgIpc) is 2.63. The van der Waals surface area contributed by atoms with Gasteiger partial charge in [-0.05, 0) is 55.9 Å². The van der Waals surface area contributed by atoms with E-state index < -0.39 is 0 Å². The third kappa shape index (κ3) is 3.86. The number of aryl methyl sites for hydroxylation is 1. The second-order valence-electron chi connectivity index (χ2n) is 6.16. The molecule has 0 aliphatic carbocycles. The lowest BCUT2D eigenvalue weighted by Gasteiger charge is -2.30. The fraction of sp³-hybridized carbons (Fsp3) is 0.200. The zero-order valence-corrected chi connectivity index (χ0v) is 15.7. The first-order valence-corrected chi connectivity index (χ1v) is 8.69. The molecule has 0 radical (unpaired) electrons. The molecule has 0 unspecified atom stereocenters. The number of carbonyl (C=O) groups is 1. The molecule has 3 N–H and O–H groups in total. The van der Waals surface area contributed by atoms with Crippen molar-refractivity contribution in [2.45, 2.75) is 19.9 Å². The summed E-state index contributed by atoms with van der Waals surface area (Å²) in [6.07, 6.45) is 0. The van der Waals surface area contributed by atoms with Crippen LogP contribution in [0.15, 0.2) is 59.8 Å². The minimum absolute atomic E-state index is 0.172. The Balaban J connectivity index is 1.91. The molecule has 0 saturated heterocycles. The molecule has 0 fully saturated rings. The molecule has 5 nitrogen and oxygen atoms in total. The number of anilines is 1. The van der Waals surface area contributed by atoms with Gasteiger partial charge in [0.1, 0.15) is 5.75 Å². The van der Waals surface area contributed by atoms with Crippen LogP contribution in [0.3, 0.4) is 0 Å². The van der Waals surface area contributed by atoms with Crippen LogP contribution in [-0.2, 0) is 4.79 Å². The third-order valence-electron chi connectivity index (χ3n) is 4.27. The molecule has 0 spiro atoms. The Morgan fingerprint density at radius 2 is 1.73 bits per heavy atom. The normalized spacial score (nSPS) is 16.6. The van der Waals surface area contributed by atoms with Gasteiger partial charge >= 0.3 is 0 Å². The third-order valence-corrected chi connectivity index (χ3v) is 4.49. The van der Waals surface area contributed by atoms with Gasteiger partial charge in [0, 0.05) is 11.4 Å². The molecule has 1 aliphatic rings. The highest BCUT2D eigenvalue weighted by molar-refractivity contribution is 7.80. The van der Waals surface area contributed by atoms with Gasteiger partial charge in [-0.15, -0.1) is 0 Å². The highest BCUT2D eigenvalue weighted by Crippen LogP contribution is 2.29. The van der Waals surface area contributed by atoms with E-state index >= 15 is 0 Å². The number of allylic oxidation sites excluding steroid dienone is 1. The van der Waals surface area contributed by atoms with E-state index in [9.17, 15) is 4.79 Å². The highest BCUT2D eigenvalue weighted by atomic mass is 32.1. The van der Waals surface area contributed by atoms with Crippen LogP contribution in [0, 0.1) is 6.92 Å². The van der Waals surface area contributed by atoms with Crippen LogP contribution in [0.1, 0.15) is 24.1 Å². The van der Waals surface area contributed by atoms with Gasteiger partial charge in [-0.2, -0.15) is 0 Å². The molecule has 1 heterocycles. The summed E-state index contributed by atoms with van der Waals surface area (Å²) in [4.78, 5) is 13.0. The van der Waals surface area contributed by atoms with E-state index in [0.29, 0.717) is 10.7 Å². The number of nitrogens with one attached hydrogen (secondary N) is 3. The number of thiocarbonyl (C=S) groups is 1. The zero-order chi connectivity index (χ0) is 18.7. The summed E-state index contributed by atoms with van der Waals surface area (Å²) in [5.74, 6) is 0.589. The number of amides is 1. The quantitative estimate of drug-likeness (QED) is 0.723. The number of benzene rings is 2. The van der Waals surface area contributed by atoms with Crippen LogP contribution in [-0.4, -0.2) is 18.1 Å². The van der Waals surface area contributed by atoms with Crippen molar-refractivity contribution in [1.82, 2.24) is 10.6 Å². The standard InChI is InChI=1S/C20H21N3O2S/c1-12-4-8-15(9-5-12)22-19(24)17-13(2)21-20(26)23-18(17)14-6-10-16(25-3)11-7-14/h4-11,18H,1-3H3,(H,22,24)(H2,21,23,26)/t18-/m1/s1. The van der Waals surface area contributed by atoms with Crippen molar-refractivity contribution in [1.29, 1.82) is 0 Å². The molecule has 2 aromatic rings. The average molecular weight is 367 g/mol. The number of hydrogen-bond donors (Lipinski definition) is 3. The van der Waals surface area contributed by atoms with Crippen LogP contribution in [0.4, 0.5) is 5.69 Å². The predicted molar refractivity (Wildman–Crippen MR) is 107 cm³/mol. The van der Waals surface area contributed by atoms with E-state index in [2.05, 4.69) is 16.0 Å². The first-order chi connectivity index (χ1) is 12.5. The number of carbonyl (C=O) groups excluding carboxylic acids is 1. The van der Waals surface area contributed by atoms with Gasteiger partial charge < -0.3 is 20.7 Å². The van der Waals surface area contributed by atoms with Crippen LogP contribution in [0.2, 0.25) is 0 Å². The molecule has 2 aromatic carbocycles. The van der Waals surface area contributed by atoms with Crippen LogP contribution in [0.5, 0.6) is 5.75 Å². The van der Waals surface area contributed by atoms with Crippen molar-refractivity contribution in [3.05, 3.63) is 70.9 Å². The number of ether oxygens (including phenoxy) is 1. The molecule has 0 saturated carbocycles. The van der Waals surface area contributed by atoms with E-state index in [0.717, 1.165) is 28.3 Å². The van der Waals surface area contributed by atoms with Crippen LogP contribution < -0.4 is 20.7 Å². The molecule has 1 atom stereocenters. The minimum atomic E-state index is -0.333. The van der Waals surface area contributed by atoms with Gasteiger partial charge in [0.05, 0.1) is 18.7 Å².